The van der Waals surface area contributed by atoms with Crippen LogP contribution in [0.5, 0.6) is 0 Å². The van der Waals surface area contributed by atoms with Gasteiger partial charge in [-0.3, -0.25) is 0 Å². The van der Waals surface area contributed by atoms with E-state index in [2.05, 4.69) is 325 Å². The summed E-state index contributed by atoms with van der Waals surface area (Å²) in [5.41, 5.74) is 24.5. The monoisotopic (exact) mass is 1080 g/mol. The maximum atomic E-state index is 2.60. The van der Waals surface area contributed by atoms with Crippen LogP contribution in [0.15, 0.2) is 297 Å². The molecule has 6 nitrogen and oxygen atoms in total. The highest BCUT2D eigenvalue weighted by atomic mass is 15.2. The van der Waals surface area contributed by atoms with Crippen molar-refractivity contribution in [1.29, 1.82) is 0 Å². The van der Waals surface area contributed by atoms with Gasteiger partial charge in [0.05, 0.1) is 49.8 Å². The van der Waals surface area contributed by atoms with E-state index in [0.29, 0.717) is 0 Å². The van der Waals surface area contributed by atoms with Crippen LogP contribution in [0.4, 0.5) is 34.1 Å². The molecule has 7 heteroatoms. The summed E-state index contributed by atoms with van der Waals surface area (Å²) in [4.78, 5) is 5.08. The van der Waals surface area contributed by atoms with Gasteiger partial charge in [0, 0.05) is 94.3 Å². The van der Waals surface area contributed by atoms with Crippen LogP contribution in [0, 0.1) is 0 Å². The van der Waals surface area contributed by atoms with E-state index in [4.69, 9.17) is 0 Å². The Morgan fingerprint density at radius 1 is 0.212 bits per heavy atom. The molecule has 0 radical (unpaired) electrons. The SMILES string of the molecule is c1ccc(N2c3ccccc3B3c4ccc(-n5c6ccccc6c6c7c(c8ccccc8n7-c7ccccc7)c7c(c8ccccc8n7-c7ccccc7)c65)cc4N(c4ccccc4)c4cc(-n5c6ccccc6c6ccccc65)cc2c43)cc1. The highest BCUT2D eigenvalue weighted by Gasteiger charge is 2.44. The Labute approximate surface area is 489 Å². The van der Waals surface area contributed by atoms with Gasteiger partial charge < -0.3 is 28.1 Å². The fourth-order valence-electron chi connectivity index (χ4n) is 15.2. The van der Waals surface area contributed by atoms with Gasteiger partial charge in [0.1, 0.15) is 0 Å². The number of fused-ring (bicyclic) bond motifs is 19. The van der Waals surface area contributed by atoms with Crippen LogP contribution in [-0.2, 0) is 0 Å². The first-order valence-electron chi connectivity index (χ1n) is 29.4. The summed E-state index contributed by atoms with van der Waals surface area (Å²) in [6, 6.07) is 110. The van der Waals surface area contributed by atoms with E-state index in [1.54, 1.807) is 0 Å². The van der Waals surface area contributed by atoms with E-state index < -0.39 is 0 Å². The third-order valence-corrected chi connectivity index (χ3v) is 18.4. The Kier molecular flexibility index (Phi) is 9.61. The number of aromatic nitrogens is 4. The lowest BCUT2D eigenvalue weighted by Crippen LogP contribution is -2.61. The van der Waals surface area contributed by atoms with Crippen molar-refractivity contribution >= 4 is 144 Å². The summed E-state index contributed by atoms with van der Waals surface area (Å²) < 4.78 is 10.2. The number of nitrogens with zero attached hydrogens (tertiary/aromatic N) is 6. The van der Waals surface area contributed by atoms with E-state index in [1.165, 1.54) is 104 Å². The molecule has 85 heavy (non-hydrogen) atoms. The Hall–Kier alpha value is -11.3. The lowest BCUT2D eigenvalue weighted by Gasteiger charge is -2.44. The highest BCUT2D eigenvalue weighted by Crippen LogP contribution is 2.52. The normalized spacial score (nSPS) is 12.9. The molecule has 0 saturated carbocycles. The van der Waals surface area contributed by atoms with Gasteiger partial charge in [0.25, 0.3) is 6.71 Å². The maximum absolute atomic E-state index is 2.60. The van der Waals surface area contributed by atoms with Crippen molar-refractivity contribution < 1.29 is 0 Å². The fraction of sp³-hybridized carbons (Fsp3) is 0. The summed E-state index contributed by atoms with van der Waals surface area (Å²) in [5, 5.41) is 9.77. The van der Waals surface area contributed by atoms with Gasteiger partial charge in [-0.25, -0.2) is 0 Å². The van der Waals surface area contributed by atoms with Gasteiger partial charge >= 0.3 is 0 Å². The molecule has 0 saturated heterocycles. The van der Waals surface area contributed by atoms with Gasteiger partial charge in [0.15, 0.2) is 0 Å². The van der Waals surface area contributed by atoms with Crippen molar-refractivity contribution in [1.82, 2.24) is 18.3 Å². The molecule has 0 unspecified atom stereocenters. The Morgan fingerprint density at radius 3 is 1.00 bits per heavy atom. The lowest BCUT2D eigenvalue weighted by molar-refractivity contribution is 1.15. The third kappa shape index (κ3) is 6.33. The van der Waals surface area contributed by atoms with E-state index in [1.807, 2.05) is 0 Å². The van der Waals surface area contributed by atoms with E-state index in [9.17, 15) is 0 Å². The van der Waals surface area contributed by atoms with Crippen LogP contribution in [-0.4, -0.2) is 25.0 Å². The molecule has 0 N–H and O–H groups in total. The smallest absolute Gasteiger partial charge is 0.252 e. The van der Waals surface area contributed by atoms with Crippen LogP contribution < -0.4 is 26.2 Å². The molecule has 6 heterocycles. The van der Waals surface area contributed by atoms with E-state index in [-0.39, 0.29) is 6.71 Å². The topological polar surface area (TPSA) is 26.2 Å². The number of hydrogen-bond donors (Lipinski definition) is 0. The van der Waals surface area contributed by atoms with Gasteiger partial charge in [0.2, 0.25) is 0 Å². The number of rotatable bonds is 6. The second kappa shape index (κ2) is 17.6. The minimum atomic E-state index is -0.0905. The zero-order chi connectivity index (χ0) is 55.4. The van der Waals surface area contributed by atoms with E-state index >= 15 is 0 Å². The quantitative estimate of drug-likeness (QED) is 0.155. The van der Waals surface area contributed by atoms with Crippen molar-refractivity contribution in [2.24, 2.45) is 0 Å². The molecule has 0 atom stereocenters. The zero-order valence-corrected chi connectivity index (χ0v) is 46.1. The van der Waals surface area contributed by atoms with Crippen molar-refractivity contribution in [2.75, 3.05) is 9.80 Å². The standard InChI is InChI=1S/C78H49BN6/c1-5-25-50(26-6-1)80-68-44-24-18-38-61(68)79-62-46-45-54(47-69(62)81(51-27-7-2-8-28-51)71-49-55(48-70(80)75(71)79)82-63-39-19-13-33-56(63)57-34-14-20-40-64(57)82)85-67-43-23-17-37-60(67)74-77-72(58-35-15-21-41-65(58)83(77)52-29-9-3-10-30-52)76-73(78(74)85)59-36-16-22-42-66(59)84(76)53-31-11-4-12-32-53/h1-49H. The molecule has 0 amide bonds. The van der Waals surface area contributed by atoms with E-state index in [0.717, 1.165) is 56.7 Å². The lowest BCUT2D eigenvalue weighted by atomic mass is 9.33. The molecule has 2 aliphatic rings. The number of para-hydroxylation sites is 10. The summed E-state index contributed by atoms with van der Waals surface area (Å²) in [6.07, 6.45) is 0. The van der Waals surface area contributed by atoms with Crippen LogP contribution in [0.2, 0.25) is 0 Å². The molecule has 0 aliphatic carbocycles. The highest BCUT2D eigenvalue weighted by molar-refractivity contribution is 7.00. The first-order valence-corrected chi connectivity index (χ1v) is 29.4. The van der Waals surface area contributed by atoms with Crippen molar-refractivity contribution in [3.63, 3.8) is 0 Å². The average Bonchev–Trinajstić information content (AvgIpc) is 1.80. The maximum Gasteiger partial charge on any atom is 0.252 e. The minimum absolute atomic E-state index is 0.0905. The molecule has 13 aromatic carbocycles. The first kappa shape index (κ1) is 46.3. The minimum Gasteiger partial charge on any atom is -0.311 e. The molecule has 394 valence electrons. The summed E-state index contributed by atoms with van der Waals surface area (Å²) in [7, 11) is 0. The Balaban J connectivity index is 0.974. The van der Waals surface area contributed by atoms with Gasteiger partial charge in [-0.2, -0.15) is 0 Å². The number of anilines is 6. The molecule has 19 rings (SSSR count). The molecule has 0 bridgehead atoms. The second-order valence-corrected chi connectivity index (χ2v) is 22.7. The van der Waals surface area contributed by atoms with Crippen LogP contribution in [0.1, 0.15) is 0 Å². The van der Waals surface area contributed by atoms with Crippen LogP contribution in [0.3, 0.4) is 0 Å². The Bertz CT molecular complexity index is 5500. The fourth-order valence-corrected chi connectivity index (χ4v) is 15.2. The first-order chi connectivity index (χ1) is 42.3. The Morgan fingerprint density at radius 2 is 0.541 bits per heavy atom. The summed E-state index contributed by atoms with van der Waals surface area (Å²) in [6.45, 7) is -0.0905. The van der Waals surface area contributed by atoms with Crippen molar-refractivity contribution in [2.45, 2.75) is 0 Å². The number of hydrogen-bond acceptors (Lipinski definition) is 2. The molecule has 4 aromatic heterocycles. The third-order valence-electron chi connectivity index (χ3n) is 18.4. The summed E-state index contributed by atoms with van der Waals surface area (Å²) in [5.74, 6) is 0. The predicted molar refractivity (Wildman–Crippen MR) is 358 cm³/mol. The van der Waals surface area contributed by atoms with Crippen LogP contribution in [0.25, 0.3) is 110 Å². The zero-order valence-electron chi connectivity index (χ0n) is 46.1. The molecule has 17 aromatic rings. The molecule has 2 aliphatic heterocycles. The van der Waals surface area contributed by atoms with Crippen molar-refractivity contribution in [3.8, 4) is 22.7 Å². The molecular formula is C78H49BN6. The summed E-state index contributed by atoms with van der Waals surface area (Å²) >= 11 is 0. The molecule has 0 spiro atoms. The van der Waals surface area contributed by atoms with Gasteiger partial charge in [-0.1, -0.05) is 188 Å². The van der Waals surface area contributed by atoms with Gasteiger partial charge in [-0.15, -0.1) is 0 Å². The largest absolute Gasteiger partial charge is 0.311 e. The predicted octanol–water partition coefficient (Wildman–Crippen LogP) is 18.2. The van der Waals surface area contributed by atoms with Crippen molar-refractivity contribution in [3.05, 3.63) is 297 Å². The average molecular weight is 1080 g/mol. The van der Waals surface area contributed by atoms with Gasteiger partial charge in [-0.05, 0) is 126 Å². The second-order valence-electron chi connectivity index (χ2n) is 22.7. The number of benzene rings is 13. The van der Waals surface area contributed by atoms with Crippen LogP contribution >= 0.6 is 0 Å². The molecule has 0 fully saturated rings. The molecular weight excluding hydrogens is 1030 g/mol.